The fourth-order valence-electron chi connectivity index (χ4n) is 2.27. The van der Waals surface area contributed by atoms with Crippen molar-refractivity contribution in [2.75, 3.05) is 0 Å². The lowest BCUT2D eigenvalue weighted by atomic mass is 10.1. The maximum absolute atomic E-state index is 12.5. The second-order valence-corrected chi connectivity index (χ2v) is 6.14. The molecule has 0 N–H and O–H groups in total. The molecule has 0 radical (unpaired) electrons. The van der Waals surface area contributed by atoms with E-state index in [1.54, 1.807) is 36.7 Å². The van der Waals surface area contributed by atoms with Gasteiger partial charge in [-0.1, -0.05) is 29.4 Å². The Kier molecular flexibility index (Phi) is 4.00. The normalized spacial score (nSPS) is 11.7. The molecule has 0 atom stereocenters. The minimum atomic E-state index is -4.66. The van der Waals surface area contributed by atoms with Gasteiger partial charge in [0.15, 0.2) is 0 Å². The van der Waals surface area contributed by atoms with Gasteiger partial charge in [0.2, 0.25) is 5.82 Å². The Hall–Kier alpha value is -3.07. The molecular formula is C17H9F3N4OS. The van der Waals surface area contributed by atoms with Crippen molar-refractivity contribution >= 4 is 11.3 Å². The van der Waals surface area contributed by atoms with Crippen LogP contribution in [0, 0.1) is 0 Å². The van der Waals surface area contributed by atoms with Crippen molar-refractivity contribution in [2.45, 2.75) is 6.18 Å². The summed E-state index contributed by atoms with van der Waals surface area (Å²) in [4.78, 5) is 12.0. The summed E-state index contributed by atoms with van der Waals surface area (Å²) < 4.78 is 41.9. The topological polar surface area (TPSA) is 64.7 Å². The maximum Gasteiger partial charge on any atom is 0.471 e. The predicted octanol–water partition coefficient (Wildman–Crippen LogP) is 4.94. The van der Waals surface area contributed by atoms with Crippen molar-refractivity contribution in [1.29, 1.82) is 0 Å². The number of alkyl halides is 3. The Morgan fingerprint density at radius 3 is 2.35 bits per heavy atom. The Balaban J connectivity index is 1.59. The lowest BCUT2D eigenvalue weighted by Crippen LogP contribution is -2.04. The van der Waals surface area contributed by atoms with Crippen molar-refractivity contribution in [3.63, 3.8) is 0 Å². The number of thiazole rings is 1. The zero-order chi connectivity index (χ0) is 18.1. The zero-order valence-electron chi connectivity index (χ0n) is 12.9. The molecule has 0 unspecified atom stereocenters. The summed E-state index contributed by atoms with van der Waals surface area (Å²) in [6, 6.07) is 10.5. The van der Waals surface area contributed by atoms with Crippen LogP contribution in [0.4, 0.5) is 13.2 Å². The Morgan fingerprint density at radius 2 is 1.69 bits per heavy atom. The van der Waals surface area contributed by atoms with Crippen LogP contribution in [0.15, 0.2) is 58.7 Å². The number of aromatic nitrogens is 4. The first-order valence-electron chi connectivity index (χ1n) is 7.38. The summed E-state index contributed by atoms with van der Waals surface area (Å²) in [5.74, 6) is -1.48. The number of nitrogens with zero attached hydrogens (tertiary/aromatic N) is 4. The van der Waals surface area contributed by atoms with Crippen LogP contribution < -0.4 is 0 Å². The van der Waals surface area contributed by atoms with Crippen LogP contribution in [-0.4, -0.2) is 20.1 Å². The first kappa shape index (κ1) is 16.4. The van der Waals surface area contributed by atoms with Crippen LogP contribution >= 0.6 is 11.3 Å². The van der Waals surface area contributed by atoms with Crippen LogP contribution in [0.2, 0.25) is 0 Å². The summed E-state index contributed by atoms with van der Waals surface area (Å²) in [6.07, 6.45) is -1.23. The van der Waals surface area contributed by atoms with Crippen molar-refractivity contribution < 1.29 is 17.7 Å². The number of halogens is 3. The third kappa shape index (κ3) is 3.21. The molecule has 0 saturated heterocycles. The summed E-state index contributed by atoms with van der Waals surface area (Å²) in [5.41, 5.74) is 3.00. The van der Waals surface area contributed by atoms with Gasteiger partial charge in [0, 0.05) is 34.5 Å². The van der Waals surface area contributed by atoms with Crippen LogP contribution in [0.5, 0.6) is 0 Å². The molecule has 3 heterocycles. The SMILES string of the molecule is FC(F)(F)c1nc(-c2ccc(-c3nc(-c4cccnc4)cs3)cc2)no1. The van der Waals surface area contributed by atoms with Gasteiger partial charge in [-0.05, 0) is 12.1 Å². The average molecular weight is 374 g/mol. The molecule has 5 nitrogen and oxygen atoms in total. The van der Waals surface area contributed by atoms with Crippen molar-refractivity contribution in [3.8, 4) is 33.2 Å². The third-order valence-electron chi connectivity index (χ3n) is 3.52. The monoisotopic (exact) mass is 374 g/mol. The second kappa shape index (κ2) is 6.34. The van der Waals surface area contributed by atoms with Crippen molar-refractivity contribution in [1.82, 2.24) is 20.1 Å². The van der Waals surface area contributed by atoms with Crippen LogP contribution in [0.1, 0.15) is 5.89 Å². The highest BCUT2D eigenvalue weighted by Crippen LogP contribution is 2.31. The number of hydrogen-bond donors (Lipinski definition) is 0. The highest BCUT2D eigenvalue weighted by atomic mass is 32.1. The van der Waals surface area contributed by atoms with Gasteiger partial charge in [0.1, 0.15) is 5.01 Å². The molecule has 0 aliphatic carbocycles. The number of rotatable bonds is 3. The van der Waals surface area contributed by atoms with Crippen LogP contribution in [0.3, 0.4) is 0 Å². The van der Waals surface area contributed by atoms with E-state index in [2.05, 4.69) is 24.6 Å². The molecular weight excluding hydrogens is 365 g/mol. The van der Waals surface area contributed by atoms with E-state index in [-0.39, 0.29) is 5.82 Å². The third-order valence-corrected chi connectivity index (χ3v) is 4.41. The quantitative estimate of drug-likeness (QED) is 0.508. The van der Waals surface area contributed by atoms with E-state index in [0.717, 1.165) is 21.8 Å². The zero-order valence-corrected chi connectivity index (χ0v) is 13.8. The second-order valence-electron chi connectivity index (χ2n) is 5.28. The Labute approximate surface area is 149 Å². The lowest BCUT2D eigenvalue weighted by molar-refractivity contribution is -0.159. The predicted molar refractivity (Wildman–Crippen MR) is 89.1 cm³/mol. The van der Waals surface area contributed by atoms with E-state index in [1.807, 2.05) is 17.5 Å². The Morgan fingerprint density at radius 1 is 0.923 bits per heavy atom. The molecule has 4 rings (SSSR count). The molecule has 3 aromatic heterocycles. The number of benzene rings is 1. The summed E-state index contributed by atoms with van der Waals surface area (Å²) in [5, 5.41) is 6.09. The van der Waals surface area contributed by atoms with E-state index >= 15 is 0 Å². The van der Waals surface area contributed by atoms with E-state index in [0.29, 0.717) is 5.56 Å². The smallest absolute Gasteiger partial charge is 0.329 e. The molecule has 0 saturated carbocycles. The molecule has 0 aliphatic heterocycles. The van der Waals surface area contributed by atoms with E-state index in [1.165, 1.54) is 11.3 Å². The van der Waals surface area contributed by atoms with Gasteiger partial charge in [-0.3, -0.25) is 4.98 Å². The molecule has 26 heavy (non-hydrogen) atoms. The molecule has 0 fully saturated rings. The first-order valence-corrected chi connectivity index (χ1v) is 8.26. The lowest BCUT2D eigenvalue weighted by Gasteiger charge is -1.99. The average Bonchev–Trinajstić information content (AvgIpc) is 3.32. The van der Waals surface area contributed by atoms with Gasteiger partial charge in [0.05, 0.1) is 5.69 Å². The maximum atomic E-state index is 12.5. The van der Waals surface area contributed by atoms with Crippen molar-refractivity contribution in [2.24, 2.45) is 0 Å². The van der Waals surface area contributed by atoms with Crippen molar-refractivity contribution in [3.05, 3.63) is 60.1 Å². The largest absolute Gasteiger partial charge is 0.471 e. The molecule has 130 valence electrons. The van der Waals surface area contributed by atoms with E-state index in [9.17, 15) is 13.2 Å². The van der Waals surface area contributed by atoms with E-state index in [4.69, 9.17) is 0 Å². The molecule has 9 heteroatoms. The minimum Gasteiger partial charge on any atom is -0.329 e. The number of pyridine rings is 1. The fourth-order valence-corrected chi connectivity index (χ4v) is 3.11. The minimum absolute atomic E-state index is 0.112. The number of hydrogen-bond acceptors (Lipinski definition) is 6. The molecule has 0 bridgehead atoms. The van der Waals surface area contributed by atoms with Gasteiger partial charge in [0.25, 0.3) is 0 Å². The molecule has 0 spiro atoms. The highest BCUT2D eigenvalue weighted by molar-refractivity contribution is 7.13. The Bertz CT molecular complexity index is 1030. The van der Waals surface area contributed by atoms with Gasteiger partial charge in [-0.25, -0.2) is 4.98 Å². The standard InChI is InChI=1S/C17H9F3N4OS/c18-17(19,20)16-23-14(24-25-16)10-3-5-11(6-4-10)15-22-13(9-26-15)12-2-1-7-21-8-12/h1-9H. The van der Waals surface area contributed by atoms with Gasteiger partial charge >= 0.3 is 12.1 Å². The molecule has 0 aliphatic rings. The van der Waals surface area contributed by atoms with Crippen LogP contribution in [0.25, 0.3) is 33.2 Å². The summed E-state index contributed by atoms with van der Waals surface area (Å²) in [6.45, 7) is 0. The summed E-state index contributed by atoms with van der Waals surface area (Å²) in [7, 11) is 0. The van der Waals surface area contributed by atoms with Gasteiger partial charge in [-0.2, -0.15) is 18.2 Å². The van der Waals surface area contributed by atoms with Crippen LogP contribution in [-0.2, 0) is 6.18 Å². The summed E-state index contributed by atoms with van der Waals surface area (Å²) >= 11 is 1.47. The first-order chi connectivity index (χ1) is 12.5. The van der Waals surface area contributed by atoms with Gasteiger partial charge < -0.3 is 4.52 Å². The van der Waals surface area contributed by atoms with E-state index < -0.39 is 12.1 Å². The molecule has 1 aromatic carbocycles. The highest BCUT2D eigenvalue weighted by Gasteiger charge is 2.38. The fraction of sp³-hybridized carbons (Fsp3) is 0.0588. The van der Waals surface area contributed by atoms with Gasteiger partial charge in [-0.15, -0.1) is 11.3 Å². The molecule has 4 aromatic rings. The molecule has 0 amide bonds.